The average Bonchev–Trinajstić information content (AvgIpc) is 2.73. The lowest BCUT2D eigenvalue weighted by molar-refractivity contribution is 0.0963. The van der Waals surface area contributed by atoms with E-state index >= 15 is 0 Å². The standard InChI is InChI=1S/C22H22N4O2/c1-24-21(27)17-12-10-16(11-13-17)15-25-22(23)26-18-6-5-9-20(14-18)28-19-7-3-2-4-8-19/h2-14H,15H2,1H3,(H,24,27)(H3,23,25,26). The number of benzene rings is 3. The number of nitrogens with zero attached hydrogens (tertiary/aromatic N) is 1. The van der Waals surface area contributed by atoms with Gasteiger partial charge < -0.3 is 21.1 Å². The van der Waals surface area contributed by atoms with Gasteiger partial charge in [-0.15, -0.1) is 0 Å². The van der Waals surface area contributed by atoms with Gasteiger partial charge in [0.2, 0.25) is 0 Å². The quantitative estimate of drug-likeness (QED) is 0.453. The number of carbonyl (C=O) groups excluding carboxylic acids is 1. The highest BCUT2D eigenvalue weighted by Gasteiger charge is 2.03. The first-order valence-corrected chi connectivity index (χ1v) is 8.85. The van der Waals surface area contributed by atoms with Gasteiger partial charge in [0.05, 0.1) is 6.54 Å². The van der Waals surface area contributed by atoms with Crippen molar-refractivity contribution in [2.24, 2.45) is 10.7 Å². The van der Waals surface area contributed by atoms with Crippen LogP contribution in [0.2, 0.25) is 0 Å². The molecule has 6 nitrogen and oxygen atoms in total. The van der Waals surface area contributed by atoms with Crippen molar-refractivity contribution in [2.45, 2.75) is 6.54 Å². The second kappa shape index (κ2) is 9.23. The van der Waals surface area contributed by atoms with Crippen LogP contribution in [0.25, 0.3) is 0 Å². The van der Waals surface area contributed by atoms with E-state index in [1.807, 2.05) is 66.7 Å². The fraction of sp³-hybridized carbons (Fsp3) is 0.0909. The predicted octanol–water partition coefficient (Wildman–Crippen LogP) is 3.77. The molecule has 142 valence electrons. The highest BCUT2D eigenvalue weighted by atomic mass is 16.5. The number of nitrogens with two attached hydrogens (primary N) is 1. The van der Waals surface area contributed by atoms with Crippen LogP contribution in [0.1, 0.15) is 15.9 Å². The Morgan fingerprint density at radius 2 is 1.68 bits per heavy atom. The third kappa shape index (κ3) is 5.35. The van der Waals surface area contributed by atoms with Crippen LogP contribution in [0.4, 0.5) is 5.69 Å². The van der Waals surface area contributed by atoms with Crippen LogP contribution in [-0.2, 0) is 6.54 Å². The minimum Gasteiger partial charge on any atom is -0.457 e. The highest BCUT2D eigenvalue weighted by molar-refractivity contribution is 5.94. The van der Waals surface area contributed by atoms with Crippen LogP contribution in [0.5, 0.6) is 11.5 Å². The van der Waals surface area contributed by atoms with Crippen LogP contribution < -0.4 is 21.1 Å². The van der Waals surface area contributed by atoms with Crippen molar-refractivity contribution < 1.29 is 9.53 Å². The van der Waals surface area contributed by atoms with Gasteiger partial charge in [-0.2, -0.15) is 0 Å². The summed E-state index contributed by atoms with van der Waals surface area (Å²) >= 11 is 0. The molecule has 0 bridgehead atoms. The fourth-order valence-corrected chi connectivity index (χ4v) is 2.53. The lowest BCUT2D eigenvalue weighted by Gasteiger charge is -2.09. The van der Waals surface area contributed by atoms with Crippen LogP contribution in [0.15, 0.2) is 83.9 Å². The van der Waals surface area contributed by atoms with E-state index in [1.165, 1.54) is 0 Å². The van der Waals surface area contributed by atoms with Gasteiger partial charge in [-0.3, -0.25) is 4.79 Å². The van der Waals surface area contributed by atoms with Crippen molar-refractivity contribution in [3.05, 3.63) is 90.0 Å². The fourth-order valence-electron chi connectivity index (χ4n) is 2.53. The first-order chi connectivity index (χ1) is 13.6. The Bertz CT molecular complexity index is 954. The molecule has 0 saturated heterocycles. The molecular weight excluding hydrogens is 352 g/mol. The minimum absolute atomic E-state index is 0.117. The number of amides is 1. The summed E-state index contributed by atoms with van der Waals surface area (Å²) in [4.78, 5) is 15.9. The van der Waals surface area contributed by atoms with E-state index in [4.69, 9.17) is 10.5 Å². The molecule has 3 aromatic carbocycles. The maximum absolute atomic E-state index is 11.6. The molecule has 6 heteroatoms. The van der Waals surface area contributed by atoms with Crippen molar-refractivity contribution in [2.75, 3.05) is 12.4 Å². The summed E-state index contributed by atoms with van der Waals surface area (Å²) in [5.41, 5.74) is 8.34. The molecule has 0 saturated carbocycles. The largest absolute Gasteiger partial charge is 0.457 e. The number of ether oxygens (including phenoxy) is 1. The van der Waals surface area contributed by atoms with E-state index in [0.29, 0.717) is 23.8 Å². The first kappa shape index (κ1) is 19.0. The number of hydrogen-bond acceptors (Lipinski definition) is 3. The zero-order valence-corrected chi connectivity index (χ0v) is 15.6. The minimum atomic E-state index is -0.117. The molecule has 0 heterocycles. The van der Waals surface area contributed by atoms with Crippen LogP contribution in [0.3, 0.4) is 0 Å². The van der Waals surface area contributed by atoms with Crippen molar-refractivity contribution in [1.82, 2.24) is 5.32 Å². The number of carbonyl (C=O) groups is 1. The number of rotatable bonds is 6. The maximum Gasteiger partial charge on any atom is 0.251 e. The second-order valence-corrected chi connectivity index (χ2v) is 6.05. The lowest BCUT2D eigenvalue weighted by Crippen LogP contribution is -2.22. The van der Waals surface area contributed by atoms with Crippen molar-refractivity contribution >= 4 is 17.6 Å². The number of guanidine groups is 1. The molecule has 0 unspecified atom stereocenters. The Balaban J connectivity index is 1.60. The van der Waals surface area contributed by atoms with E-state index in [1.54, 1.807) is 19.2 Å². The van der Waals surface area contributed by atoms with E-state index < -0.39 is 0 Å². The maximum atomic E-state index is 11.6. The molecule has 0 atom stereocenters. The van der Waals surface area contributed by atoms with Gasteiger partial charge in [0.25, 0.3) is 5.91 Å². The third-order valence-corrected chi connectivity index (χ3v) is 3.96. The molecule has 4 N–H and O–H groups in total. The van der Waals surface area contributed by atoms with Gasteiger partial charge in [-0.1, -0.05) is 36.4 Å². The average molecular weight is 374 g/mol. The zero-order valence-electron chi connectivity index (χ0n) is 15.6. The predicted molar refractivity (Wildman–Crippen MR) is 112 cm³/mol. The molecule has 0 aliphatic carbocycles. The summed E-state index contributed by atoms with van der Waals surface area (Å²) in [6.45, 7) is 0.410. The van der Waals surface area contributed by atoms with Crippen molar-refractivity contribution in [1.29, 1.82) is 0 Å². The smallest absolute Gasteiger partial charge is 0.251 e. The van der Waals surface area contributed by atoms with Gasteiger partial charge in [0, 0.05) is 24.4 Å². The molecular formula is C22H22N4O2. The summed E-state index contributed by atoms with van der Waals surface area (Å²) in [7, 11) is 1.60. The van der Waals surface area contributed by atoms with Gasteiger partial charge in [0.1, 0.15) is 11.5 Å². The van der Waals surface area contributed by atoms with E-state index in [0.717, 1.165) is 17.0 Å². The van der Waals surface area contributed by atoms with Crippen molar-refractivity contribution in [3.63, 3.8) is 0 Å². The van der Waals surface area contributed by atoms with Crippen LogP contribution in [0, 0.1) is 0 Å². The molecule has 0 aliphatic rings. The van der Waals surface area contributed by atoms with E-state index in [2.05, 4.69) is 15.6 Å². The number of anilines is 1. The number of nitrogens with one attached hydrogen (secondary N) is 2. The van der Waals surface area contributed by atoms with Gasteiger partial charge >= 0.3 is 0 Å². The topological polar surface area (TPSA) is 88.7 Å². The zero-order chi connectivity index (χ0) is 19.8. The molecule has 0 radical (unpaired) electrons. The van der Waals surface area contributed by atoms with E-state index in [-0.39, 0.29) is 5.91 Å². The molecule has 0 fully saturated rings. The number of aliphatic imine (C=N–C) groups is 1. The van der Waals surface area contributed by atoms with Gasteiger partial charge in [-0.25, -0.2) is 4.99 Å². The summed E-state index contributed by atoms with van der Waals surface area (Å²) in [6, 6.07) is 24.3. The molecule has 1 amide bonds. The molecule has 0 spiro atoms. The summed E-state index contributed by atoms with van der Waals surface area (Å²) in [5.74, 6) is 1.65. The Morgan fingerprint density at radius 3 is 2.39 bits per heavy atom. The molecule has 0 aromatic heterocycles. The Labute approximate surface area is 164 Å². The Kier molecular flexibility index (Phi) is 6.25. The van der Waals surface area contributed by atoms with E-state index in [9.17, 15) is 4.79 Å². The lowest BCUT2D eigenvalue weighted by atomic mass is 10.1. The molecule has 3 rings (SSSR count). The molecule has 0 aliphatic heterocycles. The van der Waals surface area contributed by atoms with Crippen molar-refractivity contribution in [3.8, 4) is 11.5 Å². The summed E-state index contributed by atoms with van der Waals surface area (Å²) in [6.07, 6.45) is 0. The second-order valence-electron chi connectivity index (χ2n) is 6.05. The number of hydrogen-bond donors (Lipinski definition) is 3. The van der Waals surface area contributed by atoms with Gasteiger partial charge in [0.15, 0.2) is 5.96 Å². The number of para-hydroxylation sites is 1. The third-order valence-electron chi connectivity index (χ3n) is 3.96. The van der Waals surface area contributed by atoms with Crippen LogP contribution >= 0.6 is 0 Å². The summed E-state index contributed by atoms with van der Waals surface area (Å²) < 4.78 is 5.82. The van der Waals surface area contributed by atoms with Gasteiger partial charge in [-0.05, 0) is 42.0 Å². The SMILES string of the molecule is CNC(=O)c1ccc(CN=C(N)Nc2cccc(Oc3ccccc3)c2)cc1. The summed E-state index contributed by atoms with van der Waals surface area (Å²) in [5, 5.41) is 5.65. The Morgan fingerprint density at radius 1 is 0.964 bits per heavy atom. The normalized spacial score (nSPS) is 11.0. The Hall–Kier alpha value is -3.80. The molecule has 3 aromatic rings. The van der Waals surface area contributed by atoms with Crippen LogP contribution in [-0.4, -0.2) is 18.9 Å². The molecule has 28 heavy (non-hydrogen) atoms. The first-order valence-electron chi connectivity index (χ1n) is 8.85. The highest BCUT2D eigenvalue weighted by Crippen LogP contribution is 2.23. The monoisotopic (exact) mass is 374 g/mol.